The molecule has 0 aliphatic carbocycles. The standard InChI is InChI=1S/C20H19ClN4O/c1-13-6-5-8-16(10-13)25-19-11-18(23-14(2)24-19)20(26)22-12-15-7-3-4-9-17(15)21/h3-11H,12H2,1-2H3,(H,22,26)(H,23,24,25). The van der Waals surface area contributed by atoms with Gasteiger partial charge < -0.3 is 10.6 Å². The van der Waals surface area contributed by atoms with Crippen LogP contribution in [-0.4, -0.2) is 15.9 Å². The van der Waals surface area contributed by atoms with E-state index in [1.807, 2.05) is 49.4 Å². The molecule has 132 valence electrons. The van der Waals surface area contributed by atoms with Crippen molar-refractivity contribution in [3.63, 3.8) is 0 Å². The largest absolute Gasteiger partial charge is 0.347 e. The Labute approximate surface area is 157 Å². The van der Waals surface area contributed by atoms with Crippen LogP contribution in [0.5, 0.6) is 0 Å². The summed E-state index contributed by atoms with van der Waals surface area (Å²) in [6.07, 6.45) is 0. The van der Waals surface area contributed by atoms with Gasteiger partial charge in [-0.1, -0.05) is 41.9 Å². The van der Waals surface area contributed by atoms with E-state index in [1.165, 1.54) is 0 Å². The maximum absolute atomic E-state index is 12.5. The molecule has 0 aliphatic rings. The summed E-state index contributed by atoms with van der Waals surface area (Å²) < 4.78 is 0. The number of aryl methyl sites for hydroxylation is 2. The van der Waals surface area contributed by atoms with Crippen LogP contribution in [0, 0.1) is 13.8 Å². The van der Waals surface area contributed by atoms with E-state index in [9.17, 15) is 4.79 Å². The van der Waals surface area contributed by atoms with Crippen LogP contribution in [0.1, 0.15) is 27.4 Å². The lowest BCUT2D eigenvalue weighted by Crippen LogP contribution is -2.24. The third kappa shape index (κ3) is 4.58. The Morgan fingerprint density at radius 3 is 2.62 bits per heavy atom. The van der Waals surface area contributed by atoms with Crippen molar-refractivity contribution in [2.24, 2.45) is 0 Å². The van der Waals surface area contributed by atoms with Gasteiger partial charge in [-0.15, -0.1) is 0 Å². The van der Waals surface area contributed by atoms with Gasteiger partial charge >= 0.3 is 0 Å². The van der Waals surface area contributed by atoms with E-state index in [4.69, 9.17) is 11.6 Å². The van der Waals surface area contributed by atoms with Crippen LogP contribution in [0.4, 0.5) is 11.5 Å². The van der Waals surface area contributed by atoms with E-state index >= 15 is 0 Å². The highest BCUT2D eigenvalue weighted by Crippen LogP contribution is 2.17. The van der Waals surface area contributed by atoms with Crippen molar-refractivity contribution < 1.29 is 4.79 Å². The first kappa shape index (κ1) is 17.9. The van der Waals surface area contributed by atoms with Gasteiger partial charge in [-0.3, -0.25) is 4.79 Å². The molecule has 0 unspecified atom stereocenters. The van der Waals surface area contributed by atoms with E-state index in [1.54, 1.807) is 19.1 Å². The van der Waals surface area contributed by atoms with Crippen LogP contribution in [0.15, 0.2) is 54.6 Å². The molecule has 1 heterocycles. The molecule has 0 aliphatic heterocycles. The predicted octanol–water partition coefficient (Wildman–Crippen LogP) is 4.42. The summed E-state index contributed by atoms with van der Waals surface area (Å²) in [4.78, 5) is 21.0. The Hall–Kier alpha value is -2.92. The van der Waals surface area contributed by atoms with Crippen molar-refractivity contribution in [2.45, 2.75) is 20.4 Å². The lowest BCUT2D eigenvalue weighted by Gasteiger charge is -2.10. The predicted molar refractivity (Wildman–Crippen MR) is 104 cm³/mol. The normalized spacial score (nSPS) is 10.4. The van der Waals surface area contributed by atoms with E-state index in [-0.39, 0.29) is 5.91 Å². The molecule has 0 spiro atoms. The van der Waals surface area contributed by atoms with Gasteiger partial charge in [-0.05, 0) is 43.2 Å². The molecular weight excluding hydrogens is 348 g/mol. The van der Waals surface area contributed by atoms with E-state index in [0.717, 1.165) is 16.8 Å². The fourth-order valence-electron chi connectivity index (χ4n) is 2.53. The summed E-state index contributed by atoms with van der Waals surface area (Å²) in [7, 11) is 0. The van der Waals surface area contributed by atoms with Crippen LogP contribution in [-0.2, 0) is 6.54 Å². The number of aromatic nitrogens is 2. The molecule has 1 amide bonds. The zero-order valence-corrected chi connectivity index (χ0v) is 15.3. The van der Waals surface area contributed by atoms with Gasteiger partial charge in [0, 0.05) is 23.3 Å². The fourth-order valence-corrected chi connectivity index (χ4v) is 2.73. The second kappa shape index (κ2) is 7.97. The minimum absolute atomic E-state index is 0.275. The summed E-state index contributed by atoms with van der Waals surface area (Å²) >= 11 is 6.12. The molecule has 0 bridgehead atoms. The topological polar surface area (TPSA) is 66.9 Å². The number of carbonyl (C=O) groups is 1. The van der Waals surface area contributed by atoms with Crippen LogP contribution in [0.25, 0.3) is 0 Å². The van der Waals surface area contributed by atoms with Crippen molar-refractivity contribution in [3.05, 3.63) is 82.3 Å². The second-order valence-corrected chi connectivity index (χ2v) is 6.36. The number of amides is 1. The molecule has 0 saturated carbocycles. The molecule has 3 rings (SSSR count). The Kier molecular flexibility index (Phi) is 5.49. The number of nitrogens with zero attached hydrogens (tertiary/aromatic N) is 2. The number of hydrogen-bond donors (Lipinski definition) is 2. The first-order valence-electron chi connectivity index (χ1n) is 8.22. The molecule has 2 aromatic carbocycles. The van der Waals surface area contributed by atoms with Gasteiger partial charge in [-0.2, -0.15) is 0 Å². The monoisotopic (exact) mass is 366 g/mol. The Morgan fingerprint density at radius 2 is 1.85 bits per heavy atom. The smallest absolute Gasteiger partial charge is 0.270 e. The Bertz CT molecular complexity index is 943. The Balaban J connectivity index is 1.74. The van der Waals surface area contributed by atoms with Crippen LogP contribution in [0.2, 0.25) is 5.02 Å². The number of rotatable bonds is 5. The van der Waals surface area contributed by atoms with Crippen LogP contribution >= 0.6 is 11.6 Å². The van der Waals surface area contributed by atoms with Gasteiger partial charge in [0.15, 0.2) is 0 Å². The molecule has 0 fully saturated rings. The van der Waals surface area contributed by atoms with Gasteiger partial charge in [0.25, 0.3) is 5.91 Å². The summed E-state index contributed by atoms with van der Waals surface area (Å²) in [5.41, 5.74) is 3.20. The van der Waals surface area contributed by atoms with Gasteiger partial charge in [0.1, 0.15) is 17.3 Å². The number of nitrogens with one attached hydrogen (secondary N) is 2. The molecule has 0 radical (unpaired) electrons. The van der Waals surface area contributed by atoms with Crippen molar-refractivity contribution in [3.8, 4) is 0 Å². The number of anilines is 2. The molecule has 26 heavy (non-hydrogen) atoms. The van der Waals surface area contributed by atoms with Crippen LogP contribution < -0.4 is 10.6 Å². The van der Waals surface area contributed by atoms with Gasteiger partial charge in [0.2, 0.25) is 0 Å². The highest BCUT2D eigenvalue weighted by molar-refractivity contribution is 6.31. The Morgan fingerprint density at radius 1 is 1.04 bits per heavy atom. The fraction of sp³-hybridized carbons (Fsp3) is 0.150. The van der Waals surface area contributed by atoms with Gasteiger partial charge in [0.05, 0.1) is 0 Å². The van der Waals surface area contributed by atoms with E-state index in [2.05, 4.69) is 20.6 Å². The number of hydrogen-bond acceptors (Lipinski definition) is 4. The molecule has 0 saturated heterocycles. The number of benzene rings is 2. The van der Waals surface area contributed by atoms with Crippen molar-refractivity contribution in [1.29, 1.82) is 0 Å². The third-order valence-corrected chi connectivity index (χ3v) is 4.13. The molecule has 5 nitrogen and oxygen atoms in total. The molecule has 3 aromatic rings. The zero-order chi connectivity index (χ0) is 18.5. The second-order valence-electron chi connectivity index (χ2n) is 5.95. The first-order chi connectivity index (χ1) is 12.5. The van der Waals surface area contributed by atoms with Crippen molar-refractivity contribution in [2.75, 3.05) is 5.32 Å². The zero-order valence-electron chi connectivity index (χ0n) is 14.6. The van der Waals surface area contributed by atoms with E-state index < -0.39 is 0 Å². The summed E-state index contributed by atoms with van der Waals surface area (Å²) in [6, 6.07) is 17.0. The first-order valence-corrected chi connectivity index (χ1v) is 8.60. The van der Waals surface area contributed by atoms with Crippen LogP contribution in [0.3, 0.4) is 0 Å². The maximum Gasteiger partial charge on any atom is 0.270 e. The molecule has 6 heteroatoms. The quantitative estimate of drug-likeness (QED) is 0.701. The number of carbonyl (C=O) groups excluding carboxylic acids is 1. The SMILES string of the molecule is Cc1cccc(Nc2cc(C(=O)NCc3ccccc3Cl)nc(C)n2)c1. The van der Waals surface area contributed by atoms with E-state index in [0.29, 0.717) is 28.9 Å². The maximum atomic E-state index is 12.5. The molecule has 0 atom stereocenters. The minimum Gasteiger partial charge on any atom is -0.347 e. The number of halogens is 1. The van der Waals surface area contributed by atoms with Crippen molar-refractivity contribution in [1.82, 2.24) is 15.3 Å². The highest BCUT2D eigenvalue weighted by atomic mass is 35.5. The average molecular weight is 367 g/mol. The minimum atomic E-state index is -0.275. The van der Waals surface area contributed by atoms with Gasteiger partial charge in [-0.25, -0.2) is 9.97 Å². The third-order valence-electron chi connectivity index (χ3n) is 3.76. The summed E-state index contributed by atoms with van der Waals surface area (Å²) in [5, 5.41) is 6.67. The average Bonchev–Trinajstić information content (AvgIpc) is 2.60. The highest BCUT2D eigenvalue weighted by Gasteiger charge is 2.11. The van der Waals surface area contributed by atoms with Crippen molar-refractivity contribution >= 4 is 29.0 Å². The summed E-state index contributed by atoms with van der Waals surface area (Å²) in [6.45, 7) is 4.11. The molecule has 1 aromatic heterocycles. The molecular formula is C20H19ClN4O. The lowest BCUT2D eigenvalue weighted by molar-refractivity contribution is 0.0945. The lowest BCUT2D eigenvalue weighted by atomic mass is 10.2. The summed E-state index contributed by atoms with van der Waals surface area (Å²) in [5.74, 6) is 0.819. The molecule has 2 N–H and O–H groups in total.